The molecule has 0 saturated carbocycles. The summed E-state index contributed by atoms with van der Waals surface area (Å²) >= 11 is 0. The monoisotopic (exact) mass is 112 g/mol. The van der Waals surface area contributed by atoms with Crippen molar-refractivity contribution in [3.63, 3.8) is 0 Å². The predicted molar refractivity (Wildman–Crippen MR) is 33.1 cm³/mol. The van der Waals surface area contributed by atoms with Crippen LogP contribution in [-0.4, -0.2) is 12.8 Å². The molecule has 0 rings (SSSR count). The van der Waals surface area contributed by atoms with Gasteiger partial charge in [0.15, 0.2) is 0 Å². The number of rotatable bonds is 3. The van der Waals surface area contributed by atoms with Gasteiger partial charge in [0.1, 0.15) is 0 Å². The van der Waals surface area contributed by atoms with E-state index in [1.807, 2.05) is 6.92 Å². The van der Waals surface area contributed by atoms with E-state index in [1.54, 1.807) is 19.3 Å². The van der Waals surface area contributed by atoms with E-state index in [9.17, 15) is 4.79 Å². The maximum Gasteiger partial charge on any atom is 0.250 e. The van der Waals surface area contributed by atoms with E-state index in [4.69, 9.17) is 0 Å². The molecule has 2 heteroatoms. The highest BCUT2D eigenvalue weighted by Gasteiger charge is 1.86. The Morgan fingerprint density at radius 3 is 2.62 bits per heavy atom. The van der Waals surface area contributed by atoms with Crippen LogP contribution in [0.3, 0.4) is 0 Å². The van der Waals surface area contributed by atoms with Gasteiger partial charge in [0.2, 0.25) is 6.29 Å². The Kier molecular flexibility index (Phi) is 3.94. The maximum atomic E-state index is 9.87. The van der Waals surface area contributed by atoms with Crippen molar-refractivity contribution in [2.24, 2.45) is 0 Å². The minimum absolute atomic E-state index is 0.535. The van der Waals surface area contributed by atoms with Crippen LogP contribution in [0.25, 0.3) is 0 Å². The summed E-state index contributed by atoms with van der Waals surface area (Å²) in [6, 6.07) is 0. The second-order valence-corrected chi connectivity index (χ2v) is 1.33. The van der Waals surface area contributed by atoms with E-state index in [-0.39, 0.29) is 0 Å². The van der Waals surface area contributed by atoms with Crippen LogP contribution in [0.1, 0.15) is 13.8 Å². The first-order valence-corrected chi connectivity index (χ1v) is 2.63. The lowest BCUT2D eigenvalue weighted by Crippen LogP contribution is -2.12. The van der Waals surface area contributed by atoms with Gasteiger partial charge in [-0.05, 0) is 13.8 Å². The van der Waals surface area contributed by atoms with Gasteiger partial charge in [-0.1, -0.05) is 6.08 Å². The number of hydrogen-bond donors (Lipinski definition) is 1. The topological polar surface area (TPSA) is 29.1 Å². The number of nitrogens with one attached hydrogen (secondary N) is 1. The van der Waals surface area contributed by atoms with Gasteiger partial charge in [-0.25, -0.2) is 0 Å². The zero-order valence-electron chi connectivity index (χ0n) is 5.19. The van der Waals surface area contributed by atoms with E-state index >= 15 is 0 Å². The van der Waals surface area contributed by atoms with Gasteiger partial charge in [-0.15, -0.1) is 0 Å². The molecule has 1 N–H and O–H groups in total. The fourth-order valence-electron chi connectivity index (χ4n) is 0.388. The molecule has 0 spiro atoms. The molecule has 0 aromatic heterocycles. The van der Waals surface area contributed by atoms with E-state index in [2.05, 4.69) is 5.32 Å². The Morgan fingerprint density at radius 1 is 1.88 bits per heavy atom. The molecule has 0 heterocycles. The zero-order chi connectivity index (χ0) is 6.41. The second kappa shape index (κ2) is 4.37. The summed E-state index contributed by atoms with van der Waals surface area (Å²) in [6.07, 6.45) is 3.44. The molecule has 0 saturated heterocycles. The highest BCUT2D eigenvalue weighted by molar-refractivity contribution is 5.72. The average molecular weight is 112 g/mol. The molecule has 0 aromatic carbocycles. The van der Waals surface area contributed by atoms with Gasteiger partial charge in [0.25, 0.3) is 0 Å². The van der Waals surface area contributed by atoms with Gasteiger partial charge in [0, 0.05) is 6.54 Å². The summed E-state index contributed by atoms with van der Waals surface area (Å²) in [6.45, 7) is 4.50. The molecule has 0 fully saturated rings. The summed E-state index contributed by atoms with van der Waals surface area (Å²) in [5, 5.41) is 2.82. The van der Waals surface area contributed by atoms with Crippen molar-refractivity contribution in [1.29, 1.82) is 0 Å². The molecule has 45 valence electrons. The third-order valence-corrected chi connectivity index (χ3v) is 0.766. The smallest absolute Gasteiger partial charge is 0.250 e. The molecular weight excluding hydrogens is 102 g/mol. The molecule has 1 radical (unpaired) electrons. The lowest BCUT2D eigenvalue weighted by molar-refractivity contribution is 0.558. The molecule has 2 nitrogen and oxygen atoms in total. The standard InChI is InChI=1S/C6H10NO/c1-3-6(5-8)7-4-2/h3,7H,4H2,1-2H3. The van der Waals surface area contributed by atoms with Crippen molar-refractivity contribution in [3.05, 3.63) is 11.8 Å². The highest BCUT2D eigenvalue weighted by Crippen LogP contribution is 1.78. The van der Waals surface area contributed by atoms with Crippen LogP contribution in [-0.2, 0) is 4.79 Å². The maximum absolute atomic E-state index is 9.87. The second-order valence-electron chi connectivity index (χ2n) is 1.33. The molecule has 0 unspecified atom stereocenters. The molecule has 0 aliphatic rings. The van der Waals surface area contributed by atoms with Gasteiger partial charge < -0.3 is 5.32 Å². The van der Waals surface area contributed by atoms with Gasteiger partial charge in [0.05, 0.1) is 5.70 Å². The number of likely N-dealkylation sites (N-methyl/N-ethyl adjacent to an activating group) is 1. The first-order chi connectivity index (χ1) is 3.85. The van der Waals surface area contributed by atoms with Crippen LogP contribution in [0.15, 0.2) is 11.8 Å². The highest BCUT2D eigenvalue weighted by atomic mass is 16.1. The SMILES string of the molecule is CC=C([C]=O)NCC. The van der Waals surface area contributed by atoms with Gasteiger partial charge in [-0.3, -0.25) is 4.79 Å². The lowest BCUT2D eigenvalue weighted by Gasteiger charge is -1.95. The summed E-state index contributed by atoms with van der Waals surface area (Å²) < 4.78 is 0. The average Bonchev–Trinajstić information content (AvgIpc) is 1.83. The minimum Gasteiger partial charge on any atom is -0.382 e. The molecule has 0 aromatic rings. The normalized spacial score (nSPS) is 11.0. The molecule has 8 heavy (non-hydrogen) atoms. The predicted octanol–water partition coefficient (Wildman–Crippen LogP) is 0.609. The summed E-state index contributed by atoms with van der Waals surface area (Å²) in [7, 11) is 0. The van der Waals surface area contributed by atoms with Crippen molar-refractivity contribution in [2.75, 3.05) is 6.54 Å². The first-order valence-electron chi connectivity index (χ1n) is 2.63. The van der Waals surface area contributed by atoms with E-state index in [0.717, 1.165) is 6.54 Å². The Bertz CT molecular complexity index is 96.7. The minimum atomic E-state index is 0.535. The van der Waals surface area contributed by atoms with Crippen LogP contribution in [0.4, 0.5) is 0 Å². The fourth-order valence-corrected chi connectivity index (χ4v) is 0.388. The van der Waals surface area contributed by atoms with Crippen LogP contribution >= 0.6 is 0 Å². The lowest BCUT2D eigenvalue weighted by atomic mass is 10.4. The van der Waals surface area contributed by atoms with Crippen LogP contribution in [0.5, 0.6) is 0 Å². The van der Waals surface area contributed by atoms with Crippen LogP contribution < -0.4 is 5.32 Å². The van der Waals surface area contributed by atoms with Crippen molar-refractivity contribution in [1.82, 2.24) is 5.32 Å². The van der Waals surface area contributed by atoms with Crippen molar-refractivity contribution in [2.45, 2.75) is 13.8 Å². The third-order valence-electron chi connectivity index (χ3n) is 0.766. The molecule has 0 bridgehead atoms. The molecule has 0 atom stereocenters. The van der Waals surface area contributed by atoms with E-state index in [0.29, 0.717) is 5.70 Å². The van der Waals surface area contributed by atoms with E-state index in [1.165, 1.54) is 0 Å². The van der Waals surface area contributed by atoms with Gasteiger partial charge >= 0.3 is 0 Å². The Balaban J connectivity index is 3.54. The van der Waals surface area contributed by atoms with Crippen LogP contribution in [0.2, 0.25) is 0 Å². The summed E-state index contributed by atoms with van der Waals surface area (Å²) in [5.41, 5.74) is 0.535. The van der Waals surface area contributed by atoms with Crippen LogP contribution in [0, 0.1) is 0 Å². The van der Waals surface area contributed by atoms with Gasteiger partial charge in [-0.2, -0.15) is 0 Å². The quantitative estimate of drug-likeness (QED) is 0.542. The molecular formula is C6H10NO. The van der Waals surface area contributed by atoms with E-state index < -0.39 is 0 Å². The molecule has 0 aliphatic carbocycles. The van der Waals surface area contributed by atoms with Crippen molar-refractivity contribution < 1.29 is 4.79 Å². The third kappa shape index (κ3) is 2.39. The Hall–Kier alpha value is -0.790. The number of allylic oxidation sites excluding steroid dienone is 2. The number of carbonyl (C=O) groups excluding carboxylic acids is 1. The van der Waals surface area contributed by atoms with Crippen molar-refractivity contribution >= 4 is 6.29 Å². The Morgan fingerprint density at radius 2 is 2.50 bits per heavy atom. The van der Waals surface area contributed by atoms with Crippen molar-refractivity contribution in [3.8, 4) is 0 Å². The number of hydrogen-bond acceptors (Lipinski definition) is 2. The summed E-state index contributed by atoms with van der Waals surface area (Å²) in [4.78, 5) is 9.87. The fraction of sp³-hybridized carbons (Fsp3) is 0.500. The largest absolute Gasteiger partial charge is 0.382 e. The summed E-state index contributed by atoms with van der Waals surface area (Å²) in [5.74, 6) is 0. The molecule has 0 amide bonds. The Labute approximate surface area is 49.6 Å². The first kappa shape index (κ1) is 7.21. The molecule has 0 aliphatic heterocycles. The zero-order valence-corrected chi connectivity index (χ0v) is 5.19.